The van der Waals surface area contributed by atoms with E-state index in [1.807, 2.05) is 0 Å². The standard InChI is InChI=1S/C14H19N3O3S2/c18-11-8-19-12(20-11)3-5-21-14-13(15-22-16-14)10-7-17-4-1-2-9(10)6-17/h9-10,12H,1-8H2. The van der Waals surface area contributed by atoms with Gasteiger partial charge in [0.2, 0.25) is 6.29 Å². The number of cyclic esters (lactones) is 1. The van der Waals surface area contributed by atoms with E-state index in [1.165, 1.54) is 43.4 Å². The van der Waals surface area contributed by atoms with E-state index >= 15 is 0 Å². The monoisotopic (exact) mass is 341 g/mol. The number of rotatable bonds is 5. The van der Waals surface area contributed by atoms with Gasteiger partial charge in [-0.1, -0.05) is 0 Å². The van der Waals surface area contributed by atoms with Crippen LogP contribution in [-0.2, 0) is 14.3 Å². The highest BCUT2D eigenvalue weighted by molar-refractivity contribution is 7.99. The van der Waals surface area contributed by atoms with E-state index in [-0.39, 0.29) is 18.9 Å². The topological polar surface area (TPSA) is 64.5 Å². The molecule has 120 valence electrons. The molecule has 4 atom stereocenters. The van der Waals surface area contributed by atoms with Crippen molar-refractivity contribution in [3.63, 3.8) is 0 Å². The van der Waals surface area contributed by atoms with Crippen LogP contribution in [0.15, 0.2) is 5.03 Å². The summed E-state index contributed by atoms with van der Waals surface area (Å²) in [6.07, 6.45) is 2.94. The maximum Gasteiger partial charge on any atom is 0.334 e. The first-order valence-corrected chi connectivity index (χ1v) is 9.50. The molecule has 4 heterocycles. The van der Waals surface area contributed by atoms with Crippen LogP contribution in [0.3, 0.4) is 0 Å². The van der Waals surface area contributed by atoms with E-state index in [2.05, 4.69) is 13.6 Å². The van der Waals surface area contributed by atoms with Crippen LogP contribution >= 0.6 is 23.5 Å². The third-order valence-corrected chi connectivity index (χ3v) is 6.31. The van der Waals surface area contributed by atoms with E-state index in [0.29, 0.717) is 12.3 Å². The number of hydrogen-bond donors (Lipinski definition) is 0. The molecule has 0 spiro atoms. The molecule has 0 radical (unpaired) electrons. The third-order valence-electron chi connectivity index (χ3n) is 4.64. The number of carbonyl (C=O) groups excluding carboxylic acids is 1. The minimum atomic E-state index is -0.383. The summed E-state index contributed by atoms with van der Waals surface area (Å²) >= 11 is 3.02. The van der Waals surface area contributed by atoms with E-state index in [0.717, 1.165) is 23.2 Å². The highest BCUT2D eigenvalue weighted by atomic mass is 32.2. The summed E-state index contributed by atoms with van der Waals surface area (Å²) in [6.45, 7) is 3.67. The zero-order valence-corrected chi connectivity index (χ0v) is 13.9. The molecule has 0 aromatic carbocycles. The van der Waals surface area contributed by atoms with Gasteiger partial charge in [-0.2, -0.15) is 8.75 Å². The van der Waals surface area contributed by atoms with Crippen molar-refractivity contribution in [2.45, 2.75) is 36.5 Å². The third kappa shape index (κ3) is 3.02. The average molecular weight is 341 g/mol. The van der Waals surface area contributed by atoms with Crippen molar-refractivity contribution < 1.29 is 14.3 Å². The van der Waals surface area contributed by atoms with Crippen molar-refractivity contribution >= 4 is 29.5 Å². The Kier molecular flexibility index (Phi) is 4.34. The second-order valence-corrected chi connectivity index (χ2v) is 7.70. The van der Waals surface area contributed by atoms with E-state index in [9.17, 15) is 4.79 Å². The number of aromatic nitrogens is 2. The van der Waals surface area contributed by atoms with Crippen molar-refractivity contribution in [3.05, 3.63) is 5.69 Å². The molecule has 3 aliphatic rings. The van der Waals surface area contributed by atoms with Gasteiger partial charge in [0.1, 0.15) is 11.6 Å². The molecular formula is C14H19N3O3S2. The highest BCUT2D eigenvalue weighted by Crippen LogP contribution is 2.41. The number of carbonyl (C=O) groups is 1. The van der Waals surface area contributed by atoms with Gasteiger partial charge in [-0.3, -0.25) is 0 Å². The summed E-state index contributed by atoms with van der Waals surface area (Å²) in [5.41, 5.74) is 1.19. The zero-order valence-electron chi connectivity index (χ0n) is 12.3. The summed E-state index contributed by atoms with van der Waals surface area (Å²) in [7, 11) is 0. The Morgan fingerprint density at radius 3 is 3.14 bits per heavy atom. The molecule has 0 amide bonds. The molecule has 3 saturated heterocycles. The molecule has 0 saturated carbocycles. The summed E-state index contributed by atoms with van der Waals surface area (Å²) in [5.74, 6) is 1.86. The van der Waals surface area contributed by atoms with Crippen molar-refractivity contribution in [1.29, 1.82) is 0 Å². The second-order valence-electron chi connectivity index (χ2n) is 6.09. The molecule has 1 aromatic rings. The van der Waals surface area contributed by atoms with Gasteiger partial charge in [0, 0.05) is 31.2 Å². The summed E-state index contributed by atoms with van der Waals surface area (Å²) in [6, 6.07) is 0. The number of nitrogens with zero attached hydrogens (tertiary/aromatic N) is 3. The molecule has 4 unspecified atom stereocenters. The Hall–Kier alpha value is -0.700. The second kappa shape index (κ2) is 6.43. The number of ether oxygens (including phenoxy) is 2. The quantitative estimate of drug-likeness (QED) is 0.597. The largest absolute Gasteiger partial charge is 0.434 e. The van der Waals surface area contributed by atoms with Gasteiger partial charge < -0.3 is 14.4 Å². The van der Waals surface area contributed by atoms with Gasteiger partial charge >= 0.3 is 5.97 Å². The Bertz CT molecular complexity index is 553. The van der Waals surface area contributed by atoms with Crippen molar-refractivity contribution in [2.24, 2.45) is 5.92 Å². The van der Waals surface area contributed by atoms with Gasteiger partial charge in [0.15, 0.2) is 0 Å². The fraction of sp³-hybridized carbons (Fsp3) is 0.786. The summed E-state index contributed by atoms with van der Waals surface area (Å²) in [5, 5.41) is 1.06. The first-order valence-electron chi connectivity index (χ1n) is 7.78. The number of piperidine rings is 1. The first-order chi connectivity index (χ1) is 10.8. The van der Waals surface area contributed by atoms with Crippen LogP contribution < -0.4 is 0 Å². The average Bonchev–Trinajstić information content (AvgIpc) is 3.20. The van der Waals surface area contributed by atoms with Crippen LogP contribution in [0.1, 0.15) is 30.9 Å². The lowest BCUT2D eigenvalue weighted by atomic mass is 9.89. The number of hydrogen-bond acceptors (Lipinski definition) is 8. The van der Waals surface area contributed by atoms with Crippen molar-refractivity contribution in [3.8, 4) is 0 Å². The van der Waals surface area contributed by atoms with Gasteiger partial charge in [0.25, 0.3) is 0 Å². The van der Waals surface area contributed by atoms with Gasteiger partial charge in [0.05, 0.1) is 17.4 Å². The lowest BCUT2D eigenvalue weighted by molar-refractivity contribution is -0.143. The lowest BCUT2D eigenvalue weighted by Crippen LogP contribution is -2.25. The summed E-state index contributed by atoms with van der Waals surface area (Å²) < 4.78 is 19.4. The predicted molar refractivity (Wildman–Crippen MR) is 83.0 cm³/mol. The van der Waals surface area contributed by atoms with Gasteiger partial charge in [-0.25, -0.2) is 4.79 Å². The fourth-order valence-corrected chi connectivity index (χ4v) is 5.34. The fourth-order valence-electron chi connectivity index (χ4n) is 3.61. The van der Waals surface area contributed by atoms with E-state index in [4.69, 9.17) is 9.47 Å². The maximum atomic E-state index is 11.0. The van der Waals surface area contributed by atoms with E-state index < -0.39 is 0 Å². The molecule has 0 aliphatic carbocycles. The molecule has 4 rings (SSSR count). The molecule has 22 heavy (non-hydrogen) atoms. The van der Waals surface area contributed by atoms with Gasteiger partial charge in [-0.05, 0) is 25.3 Å². The molecule has 1 aromatic heterocycles. The van der Waals surface area contributed by atoms with Crippen LogP contribution in [0.5, 0.6) is 0 Å². The minimum absolute atomic E-state index is 0.0818. The van der Waals surface area contributed by atoms with Gasteiger partial charge in [-0.15, -0.1) is 11.8 Å². The van der Waals surface area contributed by atoms with Crippen LogP contribution in [0.25, 0.3) is 0 Å². The SMILES string of the molecule is O=C1COC(CCSc2nsnc2C2CN3CCCC2C3)O1. The molecule has 3 fully saturated rings. The summed E-state index contributed by atoms with van der Waals surface area (Å²) in [4.78, 5) is 13.6. The smallest absolute Gasteiger partial charge is 0.334 e. The lowest BCUT2D eigenvalue weighted by Gasteiger charge is -2.21. The molecule has 3 aliphatic heterocycles. The molecule has 0 N–H and O–H groups in total. The van der Waals surface area contributed by atoms with Crippen LogP contribution in [0, 0.1) is 5.92 Å². The first kappa shape index (κ1) is 14.9. The Labute approximate surface area is 137 Å². The maximum absolute atomic E-state index is 11.0. The number of esters is 1. The minimum Gasteiger partial charge on any atom is -0.434 e. The van der Waals surface area contributed by atoms with Crippen LogP contribution in [0.4, 0.5) is 0 Å². The number of fused-ring (bicyclic) bond motifs is 2. The zero-order chi connectivity index (χ0) is 14.9. The molecule has 6 nitrogen and oxygen atoms in total. The van der Waals surface area contributed by atoms with E-state index in [1.54, 1.807) is 11.8 Å². The van der Waals surface area contributed by atoms with Crippen molar-refractivity contribution in [2.75, 3.05) is 32.0 Å². The predicted octanol–water partition coefficient (Wildman–Crippen LogP) is 1.73. The Balaban J connectivity index is 1.35. The Morgan fingerprint density at radius 2 is 2.32 bits per heavy atom. The number of thioether (sulfide) groups is 1. The normalized spacial score (nSPS) is 34.1. The molecule has 8 heteroatoms. The van der Waals surface area contributed by atoms with Crippen LogP contribution in [0.2, 0.25) is 0 Å². The Morgan fingerprint density at radius 1 is 1.36 bits per heavy atom. The van der Waals surface area contributed by atoms with Crippen LogP contribution in [-0.4, -0.2) is 57.9 Å². The highest BCUT2D eigenvalue weighted by Gasteiger charge is 2.39. The molecule has 2 bridgehead atoms. The molecular weight excluding hydrogens is 322 g/mol. The van der Waals surface area contributed by atoms with Crippen molar-refractivity contribution in [1.82, 2.24) is 13.6 Å².